The Morgan fingerprint density at radius 3 is 1.20 bits per heavy atom. The van der Waals surface area contributed by atoms with Crippen molar-refractivity contribution in [3.05, 3.63) is 46.5 Å². The zero-order valence-electron chi connectivity index (χ0n) is 23.7. The smallest absolute Gasteiger partial charge is 0.340 e. The van der Waals surface area contributed by atoms with E-state index < -0.39 is 81.8 Å². The molecule has 2 aromatic heterocycles. The second-order valence-corrected chi connectivity index (χ2v) is 9.90. The maximum Gasteiger partial charge on any atom is 0.340 e. The third kappa shape index (κ3) is 4.08. The van der Waals surface area contributed by atoms with E-state index in [-0.39, 0.29) is 55.4 Å². The van der Waals surface area contributed by atoms with Crippen LogP contribution in [0.5, 0.6) is 34.5 Å². The molecule has 234 valence electrons. The number of carbonyl (C=O) groups excluding carboxylic acids is 2. The number of aliphatic hydroxyl groups is 2. The molecule has 8 N–H and O–H groups in total. The minimum Gasteiger partial charge on any atom is -0.507 e. The summed E-state index contributed by atoms with van der Waals surface area (Å²) in [6, 6.07) is 4.71. The number of hydrogen-bond acceptors (Lipinski definition) is 16. The van der Waals surface area contributed by atoms with Gasteiger partial charge in [0.1, 0.15) is 67.1 Å². The fourth-order valence-electron chi connectivity index (χ4n) is 5.30. The van der Waals surface area contributed by atoms with Gasteiger partial charge in [0.05, 0.1) is 49.7 Å². The first-order valence-corrected chi connectivity index (χ1v) is 13.2. The maximum absolute atomic E-state index is 12.4. The molecule has 0 amide bonds. The number of aliphatic hydroxyl groups excluding tert-OH is 2. The Bertz CT molecular complexity index is 2160. The van der Waals surface area contributed by atoms with Gasteiger partial charge in [0.15, 0.2) is 11.5 Å². The maximum atomic E-state index is 12.4. The summed E-state index contributed by atoms with van der Waals surface area (Å²) in [6.45, 7) is -1.86. The van der Waals surface area contributed by atoms with E-state index in [1.54, 1.807) is 0 Å². The monoisotopic (exact) mass is 630 g/mol. The van der Waals surface area contributed by atoms with Crippen LogP contribution in [0.2, 0.25) is 0 Å². The largest absolute Gasteiger partial charge is 0.507 e. The topological polar surface area (TPSA) is 266 Å². The molecule has 16 nitrogen and oxygen atoms in total. The normalized spacial score (nSPS) is 11.5. The van der Waals surface area contributed by atoms with E-state index in [0.29, 0.717) is 0 Å². The van der Waals surface area contributed by atoms with Crippen molar-refractivity contribution in [1.29, 1.82) is 0 Å². The molecule has 2 heterocycles. The number of esters is 2. The highest BCUT2D eigenvalue weighted by atomic mass is 16.5. The summed E-state index contributed by atoms with van der Waals surface area (Å²) in [5.74, 6) is -6.17. The van der Waals surface area contributed by atoms with Crippen molar-refractivity contribution in [2.75, 3.05) is 14.2 Å². The van der Waals surface area contributed by atoms with Crippen LogP contribution in [0, 0.1) is 0 Å². The summed E-state index contributed by atoms with van der Waals surface area (Å²) in [4.78, 5) is 41.9. The molecule has 0 radical (unpaired) electrons. The number of phenols is 6. The number of phenolic OH excluding ortho intramolecular Hbond substituents is 4. The van der Waals surface area contributed by atoms with Gasteiger partial charge < -0.3 is 50.3 Å². The molecular weight excluding hydrogens is 608 g/mol. The highest BCUT2D eigenvalue weighted by molar-refractivity contribution is 6.10. The van der Waals surface area contributed by atoms with E-state index >= 15 is 0 Å². The van der Waals surface area contributed by atoms with Gasteiger partial charge in [-0.2, -0.15) is 0 Å². The fraction of sp³-hybridized carbons (Fsp3) is 0.133. The highest BCUT2D eigenvalue weighted by Gasteiger charge is 2.31. The number of ether oxygens (including phenoxy) is 2. The summed E-state index contributed by atoms with van der Waals surface area (Å²) in [7, 11) is 2.22. The van der Waals surface area contributed by atoms with Gasteiger partial charge in [-0.3, -0.25) is 0 Å². The number of hydrogen-bond donors (Lipinski definition) is 8. The van der Waals surface area contributed by atoms with Gasteiger partial charge in [-0.25, -0.2) is 29.5 Å². The molecule has 6 rings (SSSR count). The van der Waals surface area contributed by atoms with Gasteiger partial charge in [0.25, 0.3) is 0 Å². The average molecular weight is 631 g/mol. The predicted molar refractivity (Wildman–Crippen MR) is 158 cm³/mol. The molecule has 0 unspecified atom stereocenters. The van der Waals surface area contributed by atoms with Crippen LogP contribution >= 0.6 is 0 Å². The van der Waals surface area contributed by atoms with Gasteiger partial charge in [0.2, 0.25) is 0 Å². The molecule has 6 aromatic rings. The van der Waals surface area contributed by atoms with Crippen molar-refractivity contribution in [2.45, 2.75) is 13.2 Å². The first kappa shape index (κ1) is 29.8. The lowest BCUT2D eigenvalue weighted by Crippen LogP contribution is -2.06. The van der Waals surface area contributed by atoms with E-state index in [1.807, 2.05) is 0 Å². The van der Waals surface area contributed by atoms with E-state index in [0.717, 1.165) is 26.4 Å². The zero-order chi connectivity index (χ0) is 33.2. The summed E-state index contributed by atoms with van der Waals surface area (Å²) in [5, 5.41) is 87.2. The molecule has 0 aliphatic rings. The van der Waals surface area contributed by atoms with Crippen molar-refractivity contribution in [1.82, 2.24) is 19.9 Å². The van der Waals surface area contributed by atoms with Crippen molar-refractivity contribution >= 4 is 56.1 Å². The Balaban J connectivity index is 1.78. The Morgan fingerprint density at radius 1 is 0.522 bits per heavy atom. The Hall–Kier alpha value is -6.26. The minimum atomic E-state index is -0.929. The molecule has 4 aromatic carbocycles. The van der Waals surface area contributed by atoms with Gasteiger partial charge >= 0.3 is 11.9 Å². The second kappa shape index (κ2) is 10.7. The Morgan fingerprint density at radius 2 is 0.870 bits per heavy atom. The van der Waals surface area contributed by atoms with E-state index in [9.17, 15) is 50.4 Å². The van der Waals surface area contributed by atoms with Crippen molar-refractivity contribution in [3.8, 4) is 45.6 Å². The lowest BCUT2D eigenvalue weighted by atomic mass is 9.93. The van der Waals surface area contributed by atoms with Crippen LogP contribution < -0.4 is 0 Å². The zero-order valence-corrected chi connectivity index (χ0v) is 23.7. The number of rotatable bonds is 5. The molecule has 0 aliphatic heterocycles. The predicted octanol–water partition coefficient (Wildman–Crippen LogP) is 2.34. The molecule has 0 saturated carbocycles. The highest BCUT2D eigenvalue weighted by Crippen LogP contribution is 2.54. The summed E-state index contributed by atoms with van der Waals surface area (Å²) >= 11 is 0. The summed E-state index contributed by atoms with van der Waals surface area (Å²) in [6.07, 6.45) is 0. The number of fused-ring (bicyclic) bond motifs is 4. The minimum absolute atomic E-state index is 0.157. The van der Waals surface area contributed by atoms with Gasteiger partial charge in [-0.15, -0.1) is 0 Å². The number of aromatic nitrogens is 4. The first-order chi connectivity index (χ1) is 22.0. The van der Waals surface area contributed by atoms with Crippen molar-refractivity contribution in [2.24, 2.45) is 0 Å². The number of carbonyl (C=O) groups is 2. The molecule has 0 atom stereocenters. The molecule has 0 bridgehead atoms. The van der Waals surface area contributed by atoms with Crippen LogP contribution in [-0.4, -0.2) is 86.9 Å². The van der Waals surface area contributed by atoms with E-state index in [4.69, 9.17) is 9.47 Å². The molecule has 16 heteroatoms. The lowest BCUT2D eigenvalue weighted by Gasteiger charge is -2.19. The average Bonchev–Trinajstić information content (AvgIpc) is 3.05. The number of aromatic hydroxyl groups is 6. The van der Waals surface area contributed by atoms with Gasteiger partial charge in [-0.05, 0) is 24.3 Å². The van der Waals surface area contributed by atoms with E-state index in [2.05, 4.69) is 19.9 Å². The van der Waals surface area contributed by atoms with Crippen LogP contribution in [-0.2, 0) is 22.7 Å². The fourth-order valence-corrected chi connectivity index (χ4v) is 5.30. The number of benzene rings is 4. The van der Waals surface area contributed by atoms with Gasteiger partial charge in [0, 0.05) is 11.1 Å². The van der Waals surface area contributed by atoms with Crippen LogP contribution in [0.15, 0.2) is 24.3 Å². The van der Waals surface area contributed by atoms with E-state index in [1.165, 1.54) is 12.1 Å². The first-order valence-electron chi connectivity index (χ1n) is 13.2. The molecule has 0 aliphatic carbocycles. The van der Waals surface area contributed by atoms with Crippen LogP contribution in [0.1, 0.15) is 31.8 Å². The van der Waals surface area contributed by atoms with Crippen LogP contribution in [0.4, 0.5) is 0 Å². The standard InChI is InChI=1S/C30H22N4O12/c1-45-29(43)9-3-5-13(37)21-17(9)33-23-19(31-21)11(7-35)25(39)15(27(23)41)16-26(40)12(8-36)20-24(28(16)42)34-18-10(30(44)46-2)4-6-14(38)22(18)32-20/h3-6,35-42H,7-8H2,1-2H3. The van der Waals surface area contributed by atoms with Crippen molar-refractivity contribution < 1.29 is 59.9 Å². The quantitative estimate of drug-likeness (QED) is 0.100. The third-order valence-electron chi connectivity index (χ3n) is 7.52. The molecule has 46 heavy (non-hydrogen) atoms. The number of methoxy groups -OCH3 is 2. The molecule has 0 fully saturated rings. The summed E-state index contributed by atoms with van der Waals surface area (Å²) < 4.78 is 9.54. The van der Waals surface area contributed by atoms with Crippen molar-refractivity contribution in [3.63, 3.8) is 0 Å². The number of nitrogens with zero attached hydrogens (tertiary/aromatic N) is 4. The second-order valence-electron chi connectivity index (χ2n) is 9.90. The Kier molecular flexibility index (Phi) is 6.94. The lowest BCUT2D eigenvalue weighted by molar-refractivity contribution is 0.0593. The van der Waals surface area contributed by atoms with Crippen LogP contribution in [0.3, 0.4) is 0 Å². The van der Waals surface area contributed by atoms with Crippen LogP contribution in [0.25, 0.3) is 55.3 Å². The Labute approximate surface area is 255 Å². The van der Waals surface area contributed by atoms with Gasteiger partial charge in [-0.1, -0.05) is 0 Å². The molecular formula is C30H22N4O12. The SMILES string of the molecule is COC(=O)c1ccc(O)c2nc3c(CO)c(O)c(-c4c(O)c(CO)c5nc6c(O)ccc(C(=O)OC)c6nc5c4O)c(O)c3nc12. The summed E-state index contributed by atoms with van der Waals surface area (Å²) in [5.41, 5.74) is -4.86. The molecule has 0 saturated heterocycles. The molecule has 0 spiro atoms. The third-order valence-corrected chi connectivity index (χ3v) is 7.52.